The SMILES string of the molecule is CC1(C)OCCc2c(C(=O)O)n[nH]c21. The van der Waals surface area contributed by atoms with Crippen LogP contribution >= 0.6 is 0 Å². The first-order valence-corrected chi connectivity index (χ1v) is 4.47. The third-order valence-electron chi connectivity index (χ3n) is 2.49. The van der Waals surface area contributed by atoms with E-state index in [1.807, 2.05) is 13.8 Å². The van der Waals surface area contributed by atoms with Gasteiger partial charge in [0, 0.05) is 12.0 Å². The van der Waals surface area contributed by atoms with E-state index >= 15 is 0 Å². The quantitative estimate of drug-likeness (QED) is 0.700. The minimum Gasteiger partial charge on any atom is -0.476 e. The van der Waals surface area contributed by atoms with Gasteiger partial charge in [-0.15, -0.1) is 0 Å². The molecule has 0 bridgehead atoms. The number of fused-ring (bicyclic) bond motifs is 1. The van der Waals surface area contributed by atoms with E-state index < -0.39 is 11.6 Å². The maximum absolute atomic E-state index is 10.8. The van der Waals surface area contributed by atoms with Crippen LogP contribution in [0, 0.1) is 0 Å². The first-order chi connectivity index (χ1) is 6.52. The molecular formula is C9H12N2O3. The van der Waals surface area contributed by atoms with Crippen LogP contribution in [0.3, 0.4) is 0 Å². The molecule has 1 aliphatic heterocycles. The average Bonchev–Trinajstić information content (AvgIpc) is 2.48. The number of nitrogens with one attached hydrogen (secondary N) is 1. The number of hydrogen-bond donors (Lipinski definition) is 2. The molecule has 2 heterocycles. The maximum atomic E-state index is 10.8. The van der Waals surface area contributed by atoms with Crippen LogP contribution in [0.25, 0.3) is 0 Å². The number of aromatic nitrogens is 2. The van der Waals surface area contributed by atoms with Crippen LogP contribution in [0.5, 0.6) is 0 Å². The Labute approximate surface area is 81.1 Å². The van der Waals surface area contributed by atoms with Crippen LogP contribution in [0.15, 0.2) is 0 Å². The van der Waals surface area contributed by atoms with Gasteiger partial charge in [-0.2, -0.15) is 5.10 Å². The summed E-state index contributed by atoms with van der Waals surface area (Å²) in [7, 11) is 0. The van der Waals surface area contributed by atoms with E-state index in [-0.39, 0.29) is 5.69 Å². The third-order valence-corrected chi connectivity index (χ3v) is 2.49. The molecule has 0 fully saturated rings. The maximum Gasteiger partial charge on any atom is 0.356 e. The summed E-state index contributed by atoms with van der Waals surface area (Å²) in [5, 5.41) is 15.4. The lowest BCUT2D eigenvalue weighted by atomic mass is 9.95. The van der Waals surface area contributed by atoms with E-state index in [4.69, 9.17) is 9.84 Å². The second-order valence-corrected chi connectivity index (χ2v) is 3.84. The van der Waals surface area contributed by atoms with Gasteiger partial charge in [0.05, 0.1) is 12.3 Å². The second kappa shape index (κ2) is 2.81. The number of ether oxygens (including phenoxy) is 1. The Balaban J connectivity index is 2.53. The minimum absolute atomic E-state index is 0.122. The predicted molar refractivity (Wildman–Crippen MR) is 48.2 cm³/mol. The summed E-state index contributed by atoms with van der Waals surface area (Å²) in [4.78, 5) is 10.8. The smallest absolute Gasteiger partial charge is 0.356 e. The van der Waals surface area contributed by atoms with Gasteiger partial charge in [-0.25, -0.2) is 4.79 Å². The highest BCUT2D eigenvalue weighted by atomic mass is 16.5. The molecule has 0 atom stereocenters. The zero-order valence-corrected chi connectivity index (χ0v) is 8.13. The Morgan fingerprint density at radius 1 is 1.64 bits per heavy atom. The summed E-state index contributed by atoms with van der Waals surface area (Å²) < 4.78 is 5.52. The van der Waals surface area contributed by atoms with Crippen molar-refractivity contribution in [2.24, 2.45) is 0 Å². The Bertz CT molecular complexity index is 381. The Morgan fingerprint density at radius 2 is 2.36 bits per heavy atom. The summed E-state index contributed by atoms with van der Waals surface area (Å²) >= 11 is 0. The number of hydrogen-bond acceptors (Lipinski definition) is 3. The number of carboxylic acid groups (broad SMARTS) is 1. The van der Waals surface area contributed by atoms with Crippen molar-refractivity contribution in [3.8, 4) is 0 Å². The Hall–Kier alpha value is -1.36. The van der Waals surface area contributed by atoms with Crippen LogP contribution in [0.2, 0.25) is 0 Å². The monoisotopic (exact) mass is 196 g/mol. The molecule has 2 N–H and O–H groups in total. The summed E-state index contributed by atoms with van der Waals surface area (Å²) in [6.07, 6.45) is 0.608. The van der Waals surface area contributed by atoms with Gasteiger partial charge in [0.25, 0.3) is 0 Å². The van der Waals surface area contributed by atoms with E-state index in [9.17, 15) is 4.79 Å². The zero-order valence-electron chi connectivity index (χ0n) is 8.13. The largest absolute Gasteiger partial charge is 0.476 e. The number of H-pyrrole nitrogens is 1. The molecule has 0 radical (unpaired) electrons. The van der Waals surface area contributed by atoms with E-state index in [0.717, 1.165) is 11.3 Å². The molecule has 0 spiro atoms. The second-order valence-electron chi connectivity index (χ2n) is 3.84. The molecule has 2 rings (SSSR count). The highest BCUT2D eigenvalue weighted by Gasteiger charge is 2.33. The molecule has 0 saturated heterocycles. The van der Waals surface area contributed by atoms with E-state index in [0.29, 0.717) is 13.0 Å². The van der Waals surface area contributed by atoms with Crippen molar-refractivity contribution >= 4 is 5.97 Å². The van der Waals surface area contributed by atoms with Gasteiger partial charge >= 0.3 is 5.97 Å². The molecule has 5 nitrogen and oxygen atoms in total. The lowest BCUT2D eigenvalue weighted by molar-refractivity contribution is -0.0346. The average molecular weight is 196 g/mol. The van der Waals surface area contributed by atoms with Gasteiger partial charge in [-0.3, -0.25) is 5.10 Å². The minimum atomic E-state index is -0.986. The standard InChI is InChI=1S/C9H12N2O3/c1-9(2)7-5(3-4-14-9)6(8(12)13)10-11-7/h3-4H2,1-2H3,(H,10,11)(H,12,13). The molecule has 76 valence electrons. The fraction of sp³-hybridized carbons (Fsp3) is 0.556. The van der Waals surface area contributed by atoms with E-state index in [1.165, 1.54) is 0 Å². The number of carboxylic acids is 1. The van der Waals surface area contributed by atoms with Crippen molar-refractivity contribution in [2.45, 2.75) is 25.9 Å². The third kappa shape index (κ3) is 1.21. The molecule has 1 aromatic rings. The molecule has 5 heteroatoms. The molecule has 1 aromatic heterocycles. The number of aromatic amines is 1. The first-order valence-electron chi connectivity index (χ1n) is 4.47. The van der Waals surface area contributed by atoms with Gasteiger partial charge in [-0.05, 0) is 13.8 Å². The van der Waals surface area contributed by atoms with Crippen LogP contribution in [-0.4, -0.2) is 27.9 Å². The summed E-state index contributed by atoms with van der Waals surface area (Å²) in [6, 6.07) is 0. The van der Waals surface area contributed by atoms with E-state index in [2.05, 4.69) is 10.2 Å². The first kappa shape index (κ1) is 9.21. The molecule has 1 aliphatic rings. The molecule has 0 aliphatic carbocycles. The van der Waals surface area contributed by atoms with Gasteiger partial charge in [-0.1, -0.05) is 0 Å². The number of rotatable bonds is 1. The topological polar surface area (TPSA) is 75.2 Å². The van der Waals surface area contributed by atoms with Crippen LogP contribution in [-0.2, 0) is 16.8 Å². The lowest BCUT2D eigenvalue weighted by Crippen LogP contribution is -2.29. The van der Waals surface area contributed by atoms with E-state index in [1.54, 1.807) is 0 Å². The predicted octanol–water partition coefficient (Wildman–Crippen LogP) is 0.916. The Morgan fingerprint density at radius 3 is 3.00 bits per heavy atom. The molecular weight excluding hydrogens is 184 g/mol. The van der Waals surface area contributed by atoms with Gasteiger partial charge in [0.2, 0.25) is 0 Å². The fourth-order valence-corrected chi connectivity index (χ4v) is 1.76. The van der Waals surface area contributed by atoms with Crippen molar-refractivity contribution in [3.05, 3.63) is 17.0 Å². The zero-order chi connectivity index (χ0) is 10.3. The van der Waals surface area contributed by atoms with Gasteiger partial charge in [0.1, 0.15) is 5.60 Å². The van der Waals surface area contributed by atoms with Crippen LogP contribution < -0.4 is 0 Å². The fourth-order valence-electron chi connectivity index (χ4n) is 1.76. The van der Waals surface area contributed by atoms with Crippen LogP contribution in [0.1, 0.15) is 35.6 Å². The molecule has 14 heavy (non-hydrogen) atoms. The summed E-state index contributed by atoms with van der Waals surface area (Å²) in [6.45, 7) is 4.34. The lowest BCUT2D eigenvalue weighted by Gasteiger charge is -2.29. The number of carbonyl (C=O) groups is 1. The molecule has 0 unspecified atom stereocenters. The van der Waals surface area contributed by atoms with Crippen LogP contribution in [0.4, 0.5) is 0 Å². The van der Waals surface area contributed by atoms with Crippen molar-refractivity contribution in [1.82, 2.24) is 10.2 Å². The summed E-state index contributed by atoms with van der Waals surface area (Å²) in [5.74, 6) is -0.986. The van der Waals surface area contributed by atoms with Crippen molar-refractivity contribution < 1.29 is 14.6 Å². The number of aromatic carboxylic acids is 1. The number of nitrogens with zero attached hydrogens (tertiary/aromatic N) is 1. The van der Waals surface area contributed by atoms with Crippen molar-refractivity contribution in [2.75, 3.05) is 6.61 Å². The highest BCUT2D eigenvalue weighted by Crippen LogP contribution is 2.32. The van der Waals surface area contributed by atoms with Gasteiger partial charge < -0.3 is 9.84 Å². The van der Waals surface area contributed by atoms with Crippen molar-refractivity contribution in [1.29, 1.82) is 0 Å². The van der Waals surface area contributed by atoms with Gasteiger partial charge in [0.15, 0.2) is 5.69 Å². The molecule has 0 amide bonds. The van der Waals surface area contributed by atoms with Crippen molar-refractivity contribution in [3.63, 3.8) is 0 Å². The normalized spacial score (nSPS) is 19.0. The Kier molecular flexibility index (Phi) is 1.85. The highest BCUT2D eigenvalue weighted by molar-refractivity contribution is 5.87. The molecule has 0 aromatic carbocycles. The summed E-state index contributed by atoms with van der Waals surface area (Å²) in [5.41, 5.74) is 1.21. The molecule has 0 saturated carbocycles.